The van der Waals surface area contributed by atoms with Gasteiger partial charge < -0.3 is 4.90 Å². The van der Waals surface area contributed by atoms with Gasteiger partial charge in [0.2, 0.25) is 0 Å². The zero-order chi connectivity index (χ0) is 13.0. The van der Waals surface area contributed by atoms with Crippen LogP contribution in [0.25, 0.3) is 0 Å². The third kappa shape index (κ3) is 3.31. The number of aromatic nitrogens is 1. The quantitative estimate of drug-likeness (QED) is 0.675. The van der Waals surface area contributed by atoms with E-state index < -0.39 is 0 Å². The predicted octanol–water partition coefficient (Wildman–Crippen LogP) is 3.53. The van der Waals surface area contributed by atoms with Crippen molar-refractivity contribution in [2.24, 2.45) is 5.92 Å². The SMILES string of the molecule is CCCc1nc(N(CCC)CC2CC2)sc1C=O. The molecule has 1 fully saturated rings. The second-order valence-corrected chi connectivity index (χ2v) is 6.07. The Labute approximate surface area is 113 Å². The van der Waals surface area contributed by atoms with E-state index in [0.29, 0.717) is 0 Å². The van der Waals surface area contributed by atoms with Gasteiger partial charge in [0.1, 0.15) is 0 Å². The van der Waals surface area contributed by atoms with Gasteiger partial charge in [-0.05, 0) is 31.6 Å². The summed E-state index contributed by atoms with van der Waals surface area (Å²) in [4.78, 5) is 19.0. The maximum atomic E-state index is 11.1. The van der Waals surface area contributed by atoms with Crippen LogP contribution < -0.4 is 4.90 Å². The van der Waals surface area contributed by atoms with E-state index in [1.54, 1.807) is 11.3 Å². The minimum atomic E-state index is 0.823. The molecule has 0 aliphatic heterocycles. The molecule has 1 aromatic heterocycles. The smallest absolute Gasteiger partial charge is 0.186 e. The molecule has 1 aliphatic rings. The molecule has 0 atom stereocenters. The molecule has 0 radical (unpaired) electrons. The molecule has 100 valence electrons. The van der Waals surface area contributed by atoms with E-state index in [1.807, 2.05) is 0 Å². The minimum absolute atomic E-state index is 0.823. The van der Waals surface area contributed by atoms with Gasteiger partial charge in [0.25, 0.3) is 0 Å². The average Bonchev–Trinajstić information content (AvgIpc) is 3.09. The van der Waals surface area contributed by atoms with E-state index >= 15 is 0 Å². The van der Waals surface area contributed by atoms with E-state index in [1.165, 1.54) is 12.8 Å². The largest absolute Gasteiger partial charge is 0.348 e. The van der Waals surface area contributed by atoms with Gasteiger partial charge >= 0.3 is 0 Å². The lowest BCUT2D eigenvalue weighted by Gasteiger charge is -2.20. The van der Waals surface area contributed by atoms with Crippen molar-refractivity contribution >= 4 is 22.8 Å². The first kappa shape index (κ1) is 13.5. The number of nitrogens with zero attached hydrogens (tertiary/aromatic N) is 2. The van der Waals surface area contributed by atoms with Crippen molar-refractivity contribution < 1.29 is 4.79 Å². The van der Waals surface area contributed by atoms with Crippen LogP contribution in [0.2, 0.25) is 0 Å². The van der Waals surface area contributed by atoms with E-state index in [2.05, 4.69) is 23.7 Å². The Morgan fingerprint density at radius 3 is 2.72 bits per heavy atom. The molecule has 0 aromatic carbocycles. The van der Waals surface area contributed by atoms with Crippen LogP contribution in [-0.2, 0) is 6.42 Å². The lowest BCUT2D eigenvalue weighted by atomic mass is 10.2. The van der Waals surface area contributed by atoms with E-state index in [0.717, 1.165) is 60.3 Å². The third-order valence-corrected chi connectivity index (χ3v) is 4.33. The van der Waals surface area contributed by atoms with Crippen LogP contribution in [0.15, 0.2) is 0 Å². The lowest BCUT2D eigenvalue weighted by Crippen LogP contribution is -2.26. The summed E-state index contributed by atoms with van der Waals surface area (Å²) < 4.78 is 0. The summed E-state index contributed by atoms with van der Waals surface area (Å²) >= 11 is 1.56. The van der Waals surface area contributed by atoms with Crippen molar-refractivity contribution in [2.75, 3.05) is 18.0 Å². The molecule has 0 unspecified atom stereocenters. The minimum Gasteiger partial charge on any atom is -0.348 e. The number of aryl methyl sites for hydroxylation is 1. The van der Waals surface area contributed by atoms with Crippen molar-refractivity contribution in [1.29, 1.82) is 0 Å². The maximum absolute atomic E-state index is 11.1. The molecule has 1 aromatic rings. The Hall–Kier alpha value is -0.900. The summed E-state index contributed by atoms with van der Waals surface area (Å²) in [7, 11) is 0. The molecular formula is C14H22N2OS. The molecule has 3 nitrogen and oxygen atoms in total. The highest BCUT2D eigenvalue weighted by atomic mass is 32.1. The number of thiazole rings is 1. The van der Waals surface area contributed by atoms with Crippen molar-refractivity contribution in [3.05, 3.63) is 10.6 Å². The van der Waals surface area contributed by atoms with Crippen LogP contribution in [0.5, 0.6) is 0 Å². The molecule has 18 heavy (non-hydrogen) atoms. The summed E-state index contributed by atoms with van der Waals surface area (Å²) in [5.41, 5.74) is 0.990. The number of aldehydes is 1. The van der Waals surface area contributed by atoms with Gasteiger partial charge in [0.05, 0.1) is 10.6 Å². The molecule has 0 bridgehead atoms. The first-order valence-corrected chi connectivity index (χ1v) is 7.79. The van der Waals surface area contributed by atoms with Gasteiger partial charge in [0, 0.05) is 13.1 Å². The fourth-order valence-corrected chi connectivity index (χ4v) is 3.10. The maximum Gasteiger partial charge on any atom is 0.186 e. The van der Waals surface area contributed by atoms with Crippen molar-refractivity contribution in [3.8, 4) is 0 Å². The van der Waals surface area contributed by atoms with Crippen LogP contribution in [0.4, 0.5) is 5.13 Å². The Kier molecular flexibility index (Phi) is 4.75. The predicted molar refractivity (Wildman–Crippen MR) is 76.7 cm³/mol. The molecule has 0 amide bonds. The summed E-state index contributed by atoms with van der Waals surface area (Å²) in [6.07, 6.45) is 6.76. The van der Waals surface area contributed by atoms with Gasteiger partial charge in [-0.1, -0.05) is 31.6 Å². The Bertz CT molecular complexity index is 398. The highest BCUT2D eigenvalue weighted by Crippen LogP contribution is 2.33. The first-order chi connectivity index (χ1) is 8.78. The fraction of sp³-hybridized carbons (Fsp3) is 0.714. The van der Waals surface area contributed by atoms with Gasteiger partial charge in [-0.15, -0.1) is 0 Å². The topological polar surface area (TPSA) is 33.2 Å². The Balaban J connectivity index is 2.14. The standard InChI is InChI=1S/C14H22N2OS/c1-3-5-12-13(10-17)18-14(15-12)16(8-4-2)9-11-6-7-11/h10-11H,3-9H2,1-2H3. The highest BCUT2D eigenvalue weighted by Gasteiger charge is 2.26. The molecule has 1 heterocycles. The molecule has 0 saturated heterocycles. The normalized spacial score (nSPS) is 14.8. The number of carbonyl (C=O) groups excluding carboxylic acids is 1. The molecule has 1 aliphatic carbocycles. The average molecular weight is 266 g/mol. The second-order valence-electron chi connectivity index (χ2n) is 5.06. The number of carbonyl (C=O) groups is 1. The number of hydrogen-bond donors (Lipinski definition) is 0. The lowest BCUT2D eigenvalue weighted by molar-refractivity contribution is 0.112. The van der Waals surface area contributed by atoms with Gasteiger partial charge in [-0.25, -0.2) is 4.98 Å². The molecular weight excluding hydrogens is 244 g/mol. The molecule has 4 heteroatoms. The second kappa shape index (κ2) is 6.32. The van der Waals surface area contributed by atoms with Gasteiger partial charge in [0.15, 0.2) is 11.4 Å². The van der Waals surface area contributed by atoms with E-state index in [-0.39, 0.29) is 0 Å². The summed E-state index contributed by atoms with van der Waals surface area (Å²) in [6.45, 7) is 6.49. The third-order valence-electron chi connectivity index (χ3n) is 3.25. The molecule has 0 spiro atoms. The number of rotatable bonds is 8. The van der Waals surface area contributed by atoms with Crippen molar-refractivity contribution in [2.45, 2.75) is 46.0 Å². The molecule has 2 rings (SSSR count). The fourth-order valence-electron chi connectivity index (χ4n) is 2.14. The van der Waals surface area contributed by atoms with Crippen LogP contribution in [0, 0.1) is 5.92 Å². The summed E-state index contributed by atoms with van der Waals surface area (Å²) in [5.74, 6) is 0.856. The van der Waals surface area contributed by atoms with E-state index in [9.17, 15) is 4.79 Å². The van der Waals surface area contributed by atoms with Crippen LogP contribution in [-0.4, -0.2) is 24.4 Å². The molecule has 0 N–H and O–H groups in total. The Morgan fingerprint density at radius 1 is 1.39 bits per heavy atom. The van der Waals surface area contributed by atoms with Crippen LogP contribution in [0.1, 0.15) is 54.9 Å². The van der Waals surface area contributed by atoms with Crippen molar-refractivity contribution in [1.82, 2.24) is 4.98 Å². The van der Waals surface area contributed by atoms with Crippen LogP contribution >= 0.6 is 11.3 Å². The van der Waals surface area contributed by atoms with Gasteiger partial charge in [-0.2, -0.15) is 0 Å². The first-order valence-electron chi connectivity index (χ1n) is 6.98. The zero-order valence-electron chi connectivity index (χ0n) is 11.3. The number of anilines is 1. The zero-order valence-corrected chi connectivity index (χ0v) is 12.1. The summed E-state index contributed by atoms with van der Waals surface area (Å²) in [6, 6.07) is 0. The Morgan fingerprint density at radius 2 is 2.17 bits per heavy atom. The van der Waals surface area contributed by atoms with Crippen molar-refractivity contribution in [3.63, 3.8) is 0 Å². The van der Waals surface area contributed by atoms with E-state index in [4.69, 9.17) is 0 Å². The number of hydrogen-bond acceptors (Lipinski definition) is 4. The molecule has 1 saturated carbocycles. The monoisotopic (exact) mass is 266 g/mol. The highest BCUT2D eigenvalue weighted by molar-refractivity contribution is 7.17. The summed E-state index contributed by atoms with van der Waals surface area (Å²) in [5, 5.41) is 1.05. The van der Waals surface area contributed by atoms with Crippen LogP contribution in [0.3, 0.4) is 0 Å². The van der Waals surface area contributed by atoms with Gasteiger partial charge in [-0.3, -0.25) is 4.79 Å².